The third kappa shape index (κ3) is 6.00. The monoisotopic (exact) mass is 472 g/mol. The van der Waals surface area contributed by atoms with Crippen LogP contribution in [-0.2, 0) is 5.41 Å². The molecule has 0 aromatic heterocycles. The minimum atomic E-state index is -0.444. The molecule has 0 unspecified atom stereocenters. The summed E-state index contributed by atoms with van der Waals surface area (Å²) in [6.45, 7) is 16.1. The average molecular weight is 473 g/mol. The van der Waals surface area contributed by atoms with Crippen LogP contribution >= 0.6 is 0 Å². The molecule has 0 aliphatic rings. The predicted molar refractivity (Wildman–Crippen MR) is 141 cm³/mol. The maximum Gasteiger partial charge on any atom is 0.343 e. The Morgan fingerprint density at radius 1 is 0.714 bits per heavy atom. The number of esters is 1. The van der Waals surface area contributed by atoms with Gasteiger partial charge in [-0.05, 0) is 74.2 Å². The van der Waals surface area contributed by atoms with E-state index in [1.807, 2.05) is 52.8 Å². The lowest BCUT2D eigenvalue weighted by molar-refractivity contribution is 0.0732. The summed E-state index contributed by atoms with van der Waals surface area (Å²) in [5.74, 6) is 0.943. The first-order chi connectivity index (χ1) is 16.4. The lowest BCUT2D eigenvalue weighted by Gasteiger charge is -2.28. The smallest absolute Gasteiger partial charge is 0.343 e. The molecule has 0 aliphatic carbocycles. The number of carbonyl (C=O) groups excluding carboxylic acids is 2. The number of rotatable bonds is 8. The number of aryl methyl sites for hydroxylation is 2. The van der Waals surface area contributed by atoms with E-state index >= 15 is 0 Å². The average Bonchev–Trinajstić information content (AvgIpc) is 2.80. The highest BCUT2D eigenvalue weighted by Gasteiger charge is 2.25. The Morgan fingerprint density at radius 3 is 1.66 bits per heavy atom. The second-order valence-electron chi connectivity index (χ2n) is 10.2. The van der Waals surface area contributed by atoms with Gasteiger partial charge in [-0.1, -0.05) is 64.1 Å². The van der Waals surface area contributed by atoms with Gasteiger partial charge in [-0.2, -0.15) is 0 Å². The van der Waals surface area contributed by atoms with E-state index in [0.717, 1.165) is 22.4 Å². The van der Waals surface area contributed by atoms with E-state index in [4.69, 9.17) is 9.47 Å². The topological polar surface area (TPSA) is 52.6 Å². The molecule has 0 aliphatic heterocycles. The van der Waals surface area contributed by atoms with Crippen LogP contribution < -0.4 is 9.47 Å². The van der Waals surface area contributed by atoms with Crippen molar-refractivity contribution in [2.24, 2.45) is 5.92 Å². The highest BCUT2D eigenvalue weighted by atomic mass is 16.5. The van der Waals surface area contributed by atoms with Gasteiger partial charge in [-0.25, -0.2) is 4.79 Å². The summed E-state index contributed by atoms with van der Waals surface area (Å²) < 4.78 is 11.6. The standard InChI is InChI=1S/C31H36O4/c1-19(2)29(32)23-9-11-24(12-10-23)30(33)35-28-16-14-26(18-22(28)6)31(7,8)25-13-15-27(21(5)17-25)34-20(3)4/h9-20H,1-8H3. The summed E-state index contributed by atoms with van der Waals surface area (Å²) in [6.07, 6.45) is 0.130. The molecule has 0 saturated carbocycles. The van der Waals surface area contributed by atoms with Crippen LogP contribution in [0.25, 0.3) is 0 Å². The highest BCUT2D eigenvalue weighted by Crippen LogP contribution is 2.36. The molecule has 0 spiro atoms. The van der Waals surface area contributed by atoms with E-state index in [1.165, 1.54) is 5.56 Å². The van der Waals surface area contributed by atoms with Crippen LogP contribution in [0.15, 0.2) is 60.7 Å². The van der Waals surface area contributed by atoms with Crippen LogP contribution in [0.5, 0.6) is 11.5 Å². The zero-order chi connectivity index (χ0) is 25.9. The number of carbonyl (C=O) groups is 2. The fourth-order valence-electron chi connectivity index (χ4n) is 4.01. The zero-order valence-corrected chi connectivity index (χ0v) is 22.1. The molecule has 3 aromatic rings. The van der Waals surface area contributed by atoms with Gasteiger partial charge in [0.2, 0.25) is 0 Å². The van der Waals surface area contributed by atoms with Crippen LogP contribution in [0, 0.1) is 19.8 Å². The van der Waals surface area contributed by atoms with Crippen LogP contribution in [0.4, 0.5) is 0 Å². The van der Waals surface area contributed by atoms with Crippen LogP contribution in [0.3, 0.4) is 0 Å². The Labute approximate surface area is 209 Å². The maximum absolute atomic E-state index is 12.7. The van der Waals surface area contributed by atoms with Crippen molar-refractivity contribution in [1.29, 1.82) is 0 Å². The van der Waals surface area contributed by atoms with Crippen molar-refractivity contribution in [2.75, 3.05) is 0 Å². The number of Topliss-reactive ketones (excluding diaryl/α,β-unsaturated/α-hetero) is 1. The second-order valence-corrected chi connectivity index (χ2v) is 10.2. The van der Waals surface area contributed by atoms with E-state index in [9.17, 15) is 9.59 Å². The molecule has 0 N–H and O–H groups in total. The number of hydrogen-bond acceptors (Lipinski definition) is 4. The minimum absolute atomic E-state index is 0.0521. The summed E-state index contributed by atoms with van der Waals surface area (Å²) in [5.41, 5.74) is 5.06. The number of benzene rings is 3. The van der Waals surface area contributed by atoms with E-state index in [2.05, 4.69) is 39.0 Å². The van der Waals surface area contributed by atoms with Gasteiger partial charge in [-0.3, -0.25) is 4.79 Å². The Kier molecular flexibility index (Phi) is 7.84. The summed E-state index contributed by atoms with van der Waals surface area (Å²) >= 11 is 0. The van der Waals surface area contributed by atoms with Crippen molar-refractivity contribution in [1.82, 2.24) is 0 Å². The molecule has 0 heterocycles. The molecular weight excluding hydrogens is 436 g/mol. The largest absolute Gasteiger partial charge is 0.491 e. The maximum atomic E-state index is 12.7. The Morgan fingerprint density at radius 2 is 1.20 bits per heavy atom. The number of hydrogen-bond donors (Lipinski definition) is 0. The summed E-state index contributed by atoms with van der Waals surface area (Å²) in [5, 5.41) is 0. The summed E-state index contributed by atoms with van der Waals surface area (Å²) in [6, 6.07) is 18.9. The van der Waals surface area contributed by atoms with Crippen molar-refractivity contribution in [2.45, 2.75) is 66.9 Å². The molecular formula is C31H36O4. The number of ether oxygens (including phenoxy) is 2. The van der Waals surface area contributed by atoms with Crippen molar-refractivity contribution < 1.29 is 19.1 Å². The van der Waals surface area contributed by atoms with Crippen molar-refractivity contribution in [3.05, 3.63) is 94.0 Å². The van der Waals surface area contributed by atoms with Gasteiger partial charge in [0.1, 0.15) is 11.5 Å². The molecule has 0 saturated heterocycles. The van der Waals surface area contributed by atoms with Gasteiger partial charge in [-0.15, -0.1) is 0 Å². The Bertz CT molecular complexity index is 1220. The molecule has 3 aromatic carbocycles. The quantitative estimate of drug-likeness (QED) is 0.194. The van der Waals surface area contributed by atoms with Crippen LogP contribution in [-0.4, -0.2) is 17.9 Å². The van der Waals surface area contributed by atoms with Gasteiger partial charge < -0.3 is 9.47 Å². The van der Waals surface area contributed by atoms with Crippen molar-refractivity contribution in [3.63, 3.8) is 0 Å². The number of ketones is 1. The van der Waals surface area contributed by atoms with Gasteiger partial charge in [0, 0.05) is 16.9 Å². The molecule has 4 nitrogen and oxygen atoms in total. The van der Waals surface area contributed by atoms with Crippen molar-refractivity contribution in [3.8, 4) is 11.5 Å². The Balaban J connectivity index is 1.78. The first-order valence-electron chi connectivity index (χ1n) is 12.2. The Hall–Kier alpha value is -3.40. The molecule has 0 atom stereocenters. The van der Waals surface area contributed by atoms with Crippen LogP contribution in [0.1, 0.15) is 84.5 Å². The normalized spacial score (nSPS) is 11.6. The van der Waals surface area contributed by atoms with Gasteiger partial charge in [0.25, 0.3) is 0 Å². The lowest BCUT2D eigenvalue weighted by Crippen LogP contribution is -2.20. The van der Waals surface area contributed by atoms with Gasteiger partial charge in [0.05, 0.1) is 11.7 Å². The van der Waals surface area contributed by atoms with Gasteiger partial charge in [0.15, 0.2) is 5.78 Å². The molecule has 0 bridgehead atoms. The summed E-state index contributed by atoms with van der Waals surface area (Å²) in [7, 11) is 0. The van der Waals surface area contributed by atoms with Gasteiger partial charge >= 0.3 is 5.97 Å². The molecule has 184 valence electrons. The predicted octanol–water partition coefficient (Wildman–Crippen LogP) is 7.47. The SMILES string of the molecule is Cc1cc(C(C)(C)c2ccc(OC(C)C)c(C)c2)ccc1OC(=O)c1ccc(C(=O)C(C)C)cc1. The third-order valence-electron chi connectivity index (χ3n) is 6.29. The first kappa shape index (κ1) is 26.2. The second kappa shape index (κ2) is 10.5. The van der Waals surface area contributed by atoms with E-state index in [0.29, 0.717) is 16.9 Å². The van der Waals surface area contributed by atoms with E-state index < -0.39 is 5.97 Å². The minimum Gasteiger partial charge on any atom is -0.491 e. The van der Waals surface area contributed by atoms with Crippen molar-refractivity contribution >= 4 is 11.8 Å². The van der Waals surface area contributed by atoms with E-state index in [1.54, 1.807) is 24.3 Å². The molecule has 35 heavy (non-hydrogen) atoms. The molecule has 0 fully saturated rings. The fraction of sp³-hybridized carbons (Fsp3) is 0.355. The molecule has 0 amide bonds. The molecule has 0 radical (unpaired) electrons. The zero-order valence-electron chi connectivity index (χ0n) is 22.1. The fourth-order valence-corrected chi connectivity index (χ4v) is 4.01. The summed E-state index contributed by atoms with van der Waals surface area (Å²) in [4.78, 5) is 24.8. The third-order valence-corrected chi connectivity index (χ3v) is 6.29. The highest BCUT2D eigenvalue weighted by molar-refractivity contribution is 5.99. The molecule has 4 heteroatoms. The van der Waals surface area contributed by atoms with E-state index in [-0.39, 0.29) is 23.2 Å². The first-order valence-corrected chi connectivity index (χ1v) is 12.2. The lowest BCUT2D eigenvalue weighted by atomic mass is 9.77. The molecule has 3 rings (SSSR count). The van der Waals surface area contributed by atoms with Crippen LogP contribution in [0.2, 0.25) is 0 Å².